The number of aliphatic carboxylic acids is 1. The van der Waals surface area contributed by atoms with Crippen LogP contribution in [-0.4, -0.2) is 42.6 Å². The molecule has 5 heteroatoms. The molecule has 0 heterocycles. The fourth-order valence-corrected chi connectivity index (χ4v) is 9.22. The minimum atomic E-state index is -1.27. The molecule has 4 nitrogen and oxygen atoms in total. The van der Waals surface area contributed by atoms with E-state index in [1.54, 1.807) is 36.8 Å². The van der Waals surface area contributed by atoms with Crippen LogP contribution >= 0.6 is 7.26 Å². The van der Waals surface area contributed by atoms with E-state index in [1.165, 1.54) is 58.3 Å². The molecule has 1 atom stereocenters. The van der Waals surface area contributed by atoms with Gasteiger partial charge in [-0.15, -0.1) is 0 Å². The quantitative estimate of drug-likeness (QED) is 0.319. The average molecular weight is 466 g/mol. The summed E-state index contributed by atoms with van der Waals surface area (Å²) >= 11 is 0. The van der Waals surface area contributed by atoms with E-state index in [4.69, 9.17) is 0 Å². The maximum Gasteiger partial charge on any atom is 0.217 e. The Morgan fingerprint density at radius 2 is 1.22 bits per heavy atom. The highest BCUT2D eigenvalue weighted by molar-refractivity contribution is 7.75. The molecule has 1 rings (SSSR count). The van der Waals surface area contributed by atoms with Gasteiger partial charge in [0.15, 0.2) is 0 Å². The summed E-state index contributed by atoms with van der Waals surface area (Å²) in [4.78, 5) is 21.5. The van der Waals surface area contributed by atoms with Crippen LogP contribution in [0.3, 0.4) is 0 Å². The van der Waals surface area contributed by atoms with E-state index in [0.29, 0.717) is 0 Å². The van der Waals surface area contributed by atoms with E-state index in [9.17, 15) is 14.7 Å². The van der Waals surface area contributed by atoms with Crippen LogP contribution in [-0.2, 0) is 16.0 Å². The third-order valence-electron chi connectivity index (χ3n) is 5.89. The van der Waals surface area contributed by atoms with E-state index in [0.717, 1.165) is 5.56 Å². The van der Waals surface area contributed by atoms with Crippen molar-refractivity contribution in [3.63, 3.8) is 0 Å². The largest absolute Gasteiger partial charge is 0.548 e. The summed E-state index contributed by atoms with van der Waals surface area (Å²) in [5.41, 5.74) is 0.848. The Bertz CT molecular complexity index is 569. The minimum absolute atomic E-state index is 0.239. The maximum absolute atomic E-state index is 10.7. The molecule has 0 aromatic heterocycles. The average Bonchev–Trinajstić information content (AvgIpc) is 2.78. The smallest absolute Gasteiger partial charge is 0.217 e. The number of unbranched alkanes of at least 4 members (excludes halogenated alkanes) is 4. The number of carboxylic acid groups (broad SMARTS) is 1. The number of rotatable bonds is 16. The predicted molar refractivity (Wildman–Crippen MR) is 139 cm³/mol. The van der Waals surface area contributed by atoms with Crippen LogP contribution in [0.1, 0.15) is 91.5 Å². The highest BCUT2D eigenvalue weighted by Crippen LogP contribution is 2.61. The Kier molecular flexibility index (Phi) is 18.3. The van der Waals surface area contributed by atoms with Crippen molar-refractivity contribution in [2.24, 2.45) is 0 Å². The van der Waals surface area contributed by atoms with E-state index in [2.05, 4.69) is 33.0 Å². The van der Waals surface area contributed by atoms with Crippen molar-refractivity contribution in [2.75, 3.05) is 24.6 Å². The molecule has 0 saturated heterocycles. The van der Waals surface area contributed by atoms with Gasteiger partial charge in [0.05, 0.1) is 36.7 Å². The van der Waals surface area contributed by atoms with Crippen LogP contribution in [0.25, 0.3) is 0 Å². The molecule has 0 unspecified atom stereocenters. The first-order valence-corrected chi connectivity index (χ1v) is 15.2. The highest BCUT2D eigenvalue weighted by atomic mass is 31.2. The third kappa shape index (κ3) is 14.6. The summed E-state index contributed by atoms with van der Waals surface area (Å²) in [6, 6.07) is 8.11. The summed E-state index contributed by atoms with van der Waals surface area (Å²) in [5.74, 6) is -1.64. The molecular weight excluding hydrogens is 417 g/mol. The molecule has 32 heavy (non-hydrogen) atoms. The second-order valence-corrected chi connectivity index (χ2v) is 13.4. The first-order chi connectivity index (χ1) is 15.3. The van der Waals surface area contributed by atoms with Crippen LogP contribution in [0.15, 0.2) is 30.3 Å². The van der Waals surface area contributed by atoms with Crippen LogP contribution in [0.2, 0.25) is 0 Å². The van der Waals surface area contributed by atoms with Crippen molar-refractivity contribution in [2.45, 2.75) is 98.4 Å². The van der Waals surface area contributed by atoms with Gasteiger partial charge in [-0.25, -0.2) is 0 Å². The molecule has 184 valence electrons. The third-order valence-corrected chi connectivity index (χ3v) is 10.9. The van der Waals surface area contributed by atoms with Crippen molar-refractivity contribution in [1.29, 1.82) is 0 Å². The van der Waals surface area contributed by atoms with Gasteiger partial charge in [-0.3, -0.25) is 4.79 Å². The van der Waals surface area contributed by atoms with E-state index in [-0.39, 0.29) is 12.3 Å². The number of benzene rings is 1. The molecule has 0 bridgehead atoms. The fourth-order valence-electron chi connectivity index (χ4n) is 3.93. The standard InChI is InChI=1S/C16H36P.C11H13NO3/c1-5-9-13-17(14-10-6-2,15-11-7-3)16-12-8-4;1-8(13)12-10(11(14)15)7-9-5-3-2-4-6-9/h5-16H2,1-4H3;2-6,10H,7H2,1H3,(H,12,13)(H,14,15)/q+1;/p-1/t;10-/m.0/s1. The van der Waals surface area contributed by atoms with Crippen molar-refractivity contribution in [3.05, 3.63) is 35.9 Å². The lowest BCUT2D eigenvalue weighted by atomic mass is 10.1. The lowest BCUT2D eigenvalue weighted by molar-refractivity contribution is -0.308. The molecule has 0 aliphatic carbocycles. The fraction of sp³-hybridized carbons (Fsp3) is 0.704. The zero-order valence-electron chi connectivity index (χ0n) is 21.3. The summed E-state index contributed by atoms with van der Waals surface area (Å²) < 4.78 is 0. The summed E-state index contributed by atoms with van der Waals surface area (Å²) in [6.07, 6.45) is 18.2. The SMILES string of the molecule is CC(=O)N[C@@H](Cc1ccccc1)C(=O)[O-].CCCC[P+](CCCC)(CCCC)CCCC. The second-order valence-electron chi connectivity index (χ2n) is 8.91. The van der Waals surface area contributed by atoms with E-state index in [1.807, 2.05) is 18.2 Å². The first-order valence-electron chi connectivity index (χ1n) is 12.7. The van der Waals surface area contributed by atoms with Crippen molar-refractivity contribution < 1.29 is 14.7 Å². The van der Waals surface area contributed by atoms with Crippen molar-refractivity contribution in [1.82, 2.24) is 5.32 Å². The number of carbonyl (C=O) groups excluding carboxylic acids is 2. The zero-order valence-corrected chi connectivity index (χ0v) is 22.2. The lowest BCUT2D eigenvalue weighted by Gasteiger charge is -2.28. The molecule has 0 spiro atoms. The summed E-state index contributed by atoms with van der Waals surface area (Å²) in [5, 5.41) is 13.0. The van der Waals surface area contributed by atoms with Gasteiger partial charge in [0.2, 0.25) is 5.91 Å². The molecule has 1 aromatic rings. The van der Waals surface area contributed by atoms with Crippen LogP contribution in [0, 0.1) is 0 Å². The topological polar surface area (TPSA) is 69.2 Å². The Hall–Kier alpha value is -1.41. The molecule has 0 aliphatic rings. The molecule has 1 aromatic carbocycles. The number of hydrogen-bond acceptors (Lipinski definition) is 3. The molecule has 0 saturated carbocycles. The van der Waals surface area contributed by atoms with Crippen LogP contribution in [0.4, 0.5) is 0 Å². The Morgan fingerprint density at radius 1 is 0.812 bits per heavy atom. The van der Waals surface area contributed by atoms with Gasteiger partial charge < -0.3 is 15.2 Å². The van der Waals surface area contributed by atoms with Crippen LogP contribution in [0.5, 0.6) is 0 Å². The monoisotopic (exact) mass is 465 g/mol. The maximum atomic E-state index is 10.7. The lowest BCUT2D eigenvalue weighted by Crippen LogP contribution is -2.48. The van der Waals surface area contributed by atoms with E-state index >= 15 is 0 Å². The number of carbonyl (C=O) groups is 2. The highest BCUT2D eigenvalue weighted by Gasteiger charge is 2.34. The normalized spacial score (nSPS) is 11.9. The molecule has 0 radical (unpaired) electrons. The van der Waals surface area contributed by atoms with Crippen molar-refractivity contribution >= 4 is 19.1 Å². The summed E-state index contributed by atoms with van der Waals surface area (Å²) in [6.45, 7) is 10.7. The van der Waals surface area contributed by atoms with Crippen LogP contribution < -0.4 is 10.4 Å². The number of hydrogen-bond donors (Lipinski definition) is 1. The Balaban J connectivity index is 0.000000604. The Morgan fingerprint density at radius 3 is 1.53 bits per heavy atom. The second kappa shape index (κ2) is 19.1. The first kappa shape index (κ1) is 30.6. The predicted octanol–water partition coefficient (Wildman–Crippen LogP) is 5.69. The van der Waals surface area contributed by atoms with Gasteiger partial charge in [0.1, 0.15) is 0 Å². The molecule has 0 fully saturated rings. The molecule has 1 N–H and O–H groups in total. The van der Waals surface area contributed by atoms with Gasteiger partial charge in [0.25, 0.3) is 0 Å². The summed E-state index contributed by atoms with van der Waals surface area (Å²) in [7, 11) is -0.562. The molecule has 1 amide bonds. The molecule has 0 aliphatic heterocycles. The van der Waals surface area contributed by atoms with Gasteiger partial charge >= 0.3 is 0 Å². The number of carboxylic acids is 1. The van der Waals surface area contributed by atoms with Gasteiger partial charge in [-0.2, -0.15) is 0 Å². The van der Waals surface area contributed by atoms with Crippen molar-refractivity contribution in [3.8, 4) is 0 Å². The molecular formula is C27H48NO3P. The number of nitrogens with one attached hydrogen (secondary N) is 1. The minimum Gasteiger partial charge on any atom is -0.548 e. The van der Waals surface area contributed by atoms with E-state index < -0.39 is 19.3 Å². The number of amides is 1. The zero-order chi connectivity index (χ0) is 24.2. The van der Waals surface area contributed by atoms with Gasteiger partial charge in [0, 0.05) is 14.2 Å². The Labute approximate surface area is 198 Å². The van der Waals surface area contributed by atoms with Gasteiger partial charge in [-0.05, 0) is 37.7 Å². The van der Waals surface area contributed by atoms with Gasteiger partial charge in [-0.1, -0.05) is 83.7 Å².